The summed E-state index contributed by atoms with van der Waals surface area (Å²) in [6.07, 6.45) is -0.124. The molecule has 2 saturated heterocycles. The quantitative estimate of drug-likeness (QED) is 0.645. The van der Waals surface area contributed by atoms with Crippen LogP contribution >= 0.6 is 0 Å². The van der Waals surface area contributed by atoms with Crippen molar-refractivity contribution in [1.82, 2.24) is 4.90 Å². The van der Waals surface area contributed by atoms with Crippen molar-refractivity contribution < 1.29 is 24.2 Å². The number of rotatable bonds is 2. The summed E-state index contributed by atoms with van der Waals surface area (Å²) in [5, 5.41) is 8.79. The molecule has 2 rings (SSSR count). The maximum absolute atomic E-state index is 11.5. The summed E-state index contributed by atoms with van der Waals surface area (Å²) >= 11 is 0. The average molecular weight is 215 g/mol. The van der Waals surface area contributed by atoms with Crippen LogP contribution in [0.3, 0.4) is 0 Å². The molecular formula is C9H13NO5. The molecule has 1 N–H and O–H groups in total. The summed E-state index contributed by atoms with van der Waals surface area (Å²) in [6.45, 7) is 1.11. The summed E-state index contributed by atoms with van der Waals surface area (Å²) in [7, 11) is 0. The zero-order chi connectivity index (χ0) is 10.8. The van der Waals surface area contributed by atoms with Gasteiger partial charge in [-0.1, -0.05) is 0 Å². The van der Waals surface area contributed by atoms with Crippen molar-refractivity contribution in [2.45, 2.75) is 18.6 Å². The lowest BCUT2D eigenvalue weighted by Crippen LogP contribution is -2.53. The highest BCUT2D eigenvalue weighted by Crippen LogP contribution is 2.17. The number of hydrogen-bond donors (Lipinski definition) is 1. The van der Waals surface area contributed by atoms with E-state index in [2.05, 4.69) is 0 Å². The van der Waals surface area contributed by atoms with Gasteiger partial charge in [0.25, 0.3) is 0 Å². The first-order chi connectivity index (χ1) is 7.18. The normalized spacial score (nSPS) is 32.0. The van der Waals surface area contributed by atoms with Crippen molar-refractivity contribution in [3.8, 4) is 0 Å². The second-order valence-electron chi connectivity index (χ2n) is 3.70. The predicted octanol–water partition coefficient (Wildman–Crippen LogP) is -0.913. The summed E-state index contributed by atoms with van der Waals surface area (Å²) in [5.74, 6) is -1.17. The van der Waals surface area contributed by atoms with Gasteiger partial charge in [0.2, 0.25) is 5.91 Å². The lowest BCUT2D eigenvalue weighted by Gasteiger charge is -2.34. The second-order valence-corrected chi connectivity index (χ2v) is 3.70. The maximum atomic E-state index is 11.5. The van der Waals surface area contributed by atoms with Crippen LogP contribution in [-0.2, 0) is 19.1 Å². The van der Waals surface area contributed by atoms with Crippen molar-refractivity contribution in [3.63, 3.8) is 0 Å². The third kappa shape index (κ3) is 2.10. The molecule has 15 heavy (non-hydrogen) atoms. The molecule has 2 atom stereocenters. The van der Waals surface area contributed by atoms with Crippen molar-refractivity contribution in [2.24, 2.45) is 0 Å². The fourth-order valence-electron chi connectivity index (χ4n) is 1.86. The van der Waals surface area contributed by atoms with Crippen LogP contribution in [0.15, 0.2) is 0 Å². The van der Waals surface area contributed by atoms with Gasteiger partial charge >= 0.3 is 5.97 Å². The molecule has 2 heterocycles. The fraction of sp³-hybridized carbons (Fsp3) is 0.778. The van der Waals surface area contributed by atoms with Gasteiger partial charge in [-0.15, -0.1) is 0 Å². The van der Waals surface area contributed by atoms with Gasteiger partial charge in [0.15, 0.2) is 6.10 Å². The van der Waals surface area contributed by atoms with Crippen LogP contribution in [0.5, 0.6) is 0 Å². The van der Waals surface area contributed by atoms with E-state index in [0.29, 0.717) is 13.2 Å². The summed E-state index contributed by atoms with van der Waals surface area (Å²) in [4.78, 5) is 23.8. The van der Waals surface area contributed by atoms with Gasteiger partial charge in [-0.05, 0) is 6.42 Å². The summed E-state index contributed by atoms with van der Waals surface area (Å²) in [5.41, 5.74) is 0. The average Bonchev–Trinajstić information content (AvgIpc) is 2.71. The molecule has 0 aromatic heterocycles. The van der Waals surface area contributed by atoms with Gasteiger partial charge in [0, 0.05) is 6.61 Å². The van der Waals surface area contributed by atoms with Crippen LogP contribution in [0, 0.1) is 0 Å². The molecule has 0 aromatic carbocycles. The number of carboxylic acid groups (broad SMARTS) is 1. The molecule has 6 heteroatoms. The first-order valence-corrected chi connectivity index (χ1v) is 4.90. The van der Waals surface area contributed by atoms with Crippen LogP contribution in [-0.4, -0.2) is 60.4 Å². The van der Waals surface area contributed by atoms with E-state index in [1.165, 1.54) is 0 Å². The van der Waals surface area contributed by atoms with E-state index < -0.39 is 12.1 Å². The van der Waals surface area contributed by atoms with Crippen molar-refractivity contribution in [1.29, 1.82) is 0 Å². The Morgan fingerprint density at radius 1 is 1.53 bits per heavy atom. The van der Waals surface area contributed by atoms with Crippen molar-refractivity contribution >= 4 is 11.9 Å². The highest BCUT2D eigenvalue weighted by molar-refractivity contribution is 5.81. The molecule has 6 nitrogen and oxygen atoms in total. The molecule has 0 spiro atoms. The third-order valence-corrected chi connectivity index (χ3v) is 2.71. The Bertz CT molecular complexity index is 274. The van der Waals surface area contributed by atoms with Gasteiger partial charge in [-0.3, -0.25) is 4.79 Å². The Morgan fingerprint density at radius 3 is 2.93 bits per heavy atom. The number of ether oxygens (including phenoxy) is 2. The number of hydrogen-bond acceptors (Lipinski definition) is 4. The van der Waals surface area contributed by atoms with Gasteiger partial charge in [-0.25, -0.2) is 4.79 Å². The van der Waals surface area contributed by atoms with Gasteiger partial charge < -0.3 is 19.5 Å². The summed E-state index contributed by atoms with van der Waals surface area (Å²) in [6, 6.07) is 0.0169. The van der Waals surface area contributed by atoms with E-state index in [0.717, 1.165) is 6.42 Å². The highest BCUT2D eigenvalue weighted by Gasteiger charge is 2.36. The predicted molar refractivity (Wildman–Crippen MR) is 48.3 cm³/mol. The SMILES string of the molecule is O=C(O)C1CN(C2CCOC2)C(=O)CO1. The highest BCUT2D eigenvalue weighted by atomic mass is 16.5. The van der Waals surface area contributed by atoms with Crippen molar-refractivity contribution in [3.05, 3.63) is 0 Å². The smallest absolute Gasteiger partial charge is 0.334 e. The lowest BCUT2D eigenvalue weighted by atomic mass is 10.1. The number of carbonyl (C=O) groups excluding carboxylic acids is 1. The standard InChI is InChI=1S/C9H13NO5/c11-8-5-15-7(9(12)13)3-10(8)6-1-2-14-4-6/h6-7H,1-5H2,(H,12,13). The largest absolute Gasteiger partial charge is 0.479 e. The van der Waals surface area contributed by atoms with Crippen LogP contribution in [0.25, 0.3) is 0 Å². The first kappa shape index (κ1) is 10.4. The van der Waals surface area contributed by atoms with Gasteiger partial charge in [-0.2, -0.15) is 0 Å². The Kier molecular flexibility index (Phi) is 2.88. The number of aliphatic carboxylic acids is 1. The maximum Gasteiger partial charge on any atom is 0.334 e. The number of amides is 1. The fourth-order valence-corrected chi connectivity index (χ4v) is 1.86. The monoisotopic (exact) mass is 215 g/mol. The van der Waals surface area contributed by atoms with Crippen molar-refractivity contribution in [2.75, 3.05) is 26.4 Å². The zero-order valence-corrected chi connectivity index (χ0v) is 8.22. The summed E-state index contributed by atoms with van der Waals surface area (Å²) < 4.78 is 10.1. The Morgan fingerprint density at radius 2 is 2.33 bits per heavy atom. The molecule has 2 aliphatic heterocycles. The van der Waals surface area contributed by atoms with Crippen LogP contribution in [0.2, 0.25) is 0 Å². The van der Waals surface area contributed by atoms with Gasteiger partial charge in [0.05, 0.1) is 19.2 Å². The minimum atomic E-state index is -1.02. The molecule has 1 amide bonds. The van der Waals surface area contributed by atoms with Crippen LogP contribution in [0.1, 0.15) is 6.42 Å². The third-order valence-electron chi connectivity index (χ3n) is 2.71. The number of nitrogens with zero attached hydrogens (tertiary/aromatic N) is 1. The molecule has 0 bridgehead atoms. The molecule has 0 aromatic rings. The first-order valence-electron chi connectivity index (χ1n) is 4.90. The van der Waals surface area contributed by atoms with Crippen LogP contribution < -0.4 is 0 Å². The van der Waals surface area contributed by atoms with E-state index in [1.807, 2.05) is 0 Å². The zero-order valence-electron chi connectivity index (χ0n) is 8.22. The van der Waals surface area contributed by atoms with E-state index in [9.17, 15) is 9.59 Å². The molecule has 2 aliphatic rings. The Balaban J connectivity index is 2.01. The topological polar surface area (TPSA) is 76.1 Å². The number of carboxylic acids is 1. The Labute approximate surface area is 86.8 Å². The van der Waals surface area contributed by atoms with E-state index >= 15 is 0 Å². The molecule has 0 saturated carbocycles. The Hall–Kier alpha value is -1.14. The minimum Gasteiger partial charge on any atom is -0.479 e. The van der Waals surface area contributed by atoms with E-state index in [4.69, 9.17) is 14.6 Å². The molecule has 0 aliphatic carbocycles. The van der Waals surface area contributed by atoms with Gasteiger partial charge in [0.1, 0.15) is 6.61 Å². The number of morpholine rings is 1. The minimum absolute atomic E-state index is 0.0169. The molecule has 2 unspecified atom stereocenters. The molecular weight excluding hydrogens is 202 g/mol. The molecule has 0 radical (unpaired) electrons. The van der Waals surface area contributed by atoms with Crippen LogP contribution in [0.4, 0.5) is 0 Å². The molecule has 84 valence electrons. The number of carbonyl (C=O) groups is 2. The molecule has 2 fully saturated rings. The second kappa shape index (κ2) is 4.16. The van der Waals surface area contributed by atoms with E-state index in [1.54, 1.807) is 4.90 Å². The lowest BCUT2D eigenvalue weighted by molar-refractivity contribution is -0.166. The van der Waals surface area contributed by atoms with E-state index in [-0.39, 0.29) is 25.1 Å².